The first-order valence-corrected chi connectivity index (χ1v) is 7.61. The lowest BCUT2D eigenvalue weighted by Gasteiger charge is -2.18. The maximum atomic E-state index is 13.5. The molecule has 0 aliphatic rings. The van der Waals surface area contributed by atoms with Gasteiger partial charge in [-0.25, -0.2) is 9.50 Å². The predicted molar refractivity (Wildman–Crippen MR) is 87.4 cm³/mol. The summed E-state index contributed by atoms with van der Waals surface area (Å²) < 4.78 is 15.0. The number of nitrogens with one attached hydrogen (secondary N) is 1. The minimum Gasteiger partial charge on any atom is -0.303 e. The number of aromatic nitrogens is 4. The van der Waals surface area contributed by atoms with Gasteiger partial charge >= 0.3 is 0 Å². The van der Waals surface area contributed by atoms with E-state index in [1.807, 2.05) is 37.3 Å². The molecular formula is C17H19FN4O. The smallest absolute Gasteiger partial charge is 0.277 e. The fourth-order valence-corrected chi connectivity index (χ4v) is 2.54. The zero-order valence-electron chi connectivity index (χ0n) is 13.4. The molecule has 1 aromatic carbocycles. The van der Waals surface area contributed by atoms with Gasteiger partial charge in [0.05, 0.1) is 11.1 Å². The second-order valence-electron chi connectivity index (χ2n) is 6.18. The summed E-state index contributed by atoms with van der Waals surface area (Å²) in [6.07, 6.45) is 0.585. The molecule has 2 heterocycles. The van der Waals surface area contributed by atoms with Gasteiger partial charge in [-0.15, -0.1) is 5.10 Å². The van der Waals surface area contributed by atoms with Crippen LogP contribution in [0.4, 0.5) is 4.39 Å². The van der Waals surface area contributed by atoms with Crippen molar-refractivity contribution in [2.24, 2.45) is 0 Å². The average Bonchev–Trinajstić information content (AvgIpc) is 2.95. The summed E-state index contributed by atoms with van der Waals surface area (Å²) in [7, 11) is 0. The Kier molecular flexibility index (Phi) is 3.75. The van der Waals surface area contributed by atoms with Crippen molar-refractivity contribution in [3.8, 4) is 11.4 Å². The van der Waals surface area contributed by atoms with Crippen molar-refractivity contribution in [1.82, 2.24) is 19.6 Å². The monoisotopic (exact) mass is 314 g/mol. The Bertz CT molecular complexity index is 896. The minimum atomic E-state index is -0.814. The van der Waals surface area contributed by atoms with Crippen molar-refractivity contribution in [3.63, 3.8) is 0 Å². The summed E-state index contributed by atoms with van der Waals surface area (Å²) >= 11 is 0. The van der Waals surface area contributed by atoms with Gasteiger partial charge in [-0.2, -0.15) is 0 Å². The normalized spacial score (nSPS) is 12.0. The van der Waals surface area contributed by atoms with Gasteiger partial charge < -0.3 is 4.98 Å². The van der Waals surface area contributed by atoms with Gasteiger partial charge in [0, 0.05) is 5.56 Å². The van der Waals surface area contributed by atoms with Crippen LogP contribution in [-0.4, -0.2) is 26.3 Å². The summed E-state index contributed by atoms with van der Waals surface area (Å²) in [5.74, 6) is 0.911. The fourth-order valence-electron chi connectivity index (χ4n) is 2.54. The predicted octanol–water partition coefficient (Wildman–Crippen LogP) is 2.89. The van der Waals surface area contributed by atoms with E-state index < -0.39 is 12.1 Å². The molecule has 6 heteroatoms. The van der Waals surface area contributed by atoms with Gasteiger partial charge in [0.2, 0.25) is 0 Å². The zero-order valence-corrected chi connectivity index (χ0v) is 13.4. The van der Waals surface area contributed by atoms with Crippen LogP contribution in [0, 0.1) is 0 Å². The number of fused-ring (bicyclic) bond motifs is 1. The Morgan fingerprint density at radius 1 is 1.26 bits per heavy atom. The zero-order chi connectivity index (χ0) is 16.6. The Hall–Kier alpha value is -2.50. The van der Waals surface area contributed by atoms with Crippen LogP contribution in [0.2, 0.25) is 0 Å². The number of halogens is 1. The molecule has 0 saturated heterocycles. The van der Waals surface area contributed by atoms with Gasteiger partial charge in [-0.05, 0) is 6.42 Å². The molecule has 23 heavy (non-hydrogen) atoms. The number of aromatic amines is 1. The quantitative estimate of drug-likeness (QED) is 0.805. The Morgan fingerprint density at radius 3 is 2.57 bits per heavy atom. The van der Waals surface area contributed by atoms with Gasteiger partial charge in [-0.3, -0.25) is 9.18 Å². The summed E-state index contributed by atoms with van der Waals surface area (Å²) in [6, 6.07) is 9.36. The molecule has 0 fully saturated rings. The lowest BCUT2D eigenvalue weighted by molar-refractivity contribution is 0.333. The fraction of sp³-hybridized carbons (Fsp3) is 0.353. The number of hydrogen-bond donors (Lipinski definition) is 1. The molecule has 0 radical (unpaired) electrons. The SMILES string of the molecule is CCc1nc(C(C)(C)CF)n2nc(-c3ccccc3)[nH]c(=O)c12. The Balaban J connectivity index is 2.34. The highest BCUT2D eigenvalue weighted by Gasteiger charge is 2.29. The molecule has 5 nitrogen and oxygen atoms in total. The number of aryl methyl sites for hydroxylation is 1. The second kappa shape index (κ2) is 5.61. The molecule has 3 rings (SSSR count). The van der Waals surface area contributed by atoms with Crippen molar-refractivity contribution < 1.29 is 4.39 Å². The van der Waals surface area contributed by atoms with E-state index in [4.69, 9.17) is 0 Å². The van der Waals surface area contributed by atoms with Gasteiger partial charge in [0.1, 0.15) is 12.5 Å². The van der Waals surface area contributed by atoms with Gasteiger partial charge in [0.25, 0.3) is 5.56 Å². The molecule has 0 aliphatic carbocycles. The number of imidazole rings is 1. The molecule has 3 aromatic rings. The highest BCUT2D eigenvalue weighted by Crippen LogP contribution is 2.25. The molecule has 0 bridgehead atoms. The molecule has 1 N–H and O–H groups in total. The molecule has 0 aliphatic heterocycles. The first kappa shape index (κ1) is 15.4. The van der Waals surface area contributed by atoms with Crippen molar-refractivity contribution >= 4 is 5.52 Å². The maximum absolute atomic E-state index is 13.5. The summed E-state index contributed by atoms with van der Waals surface area (Å²) in [4.78, 5) is 19.8. The van der Waals surface area contributed by atoms with Crippen LogP contribution in [0.15, 0.2) is 35.1 Å². The van der Waals surface area contributed by atoms with E-state index in [0.717, 1.165) is 5.56 Å². The third kappa shape index (κ3) is 2.54. The molecule has 0 amide bonds. The Morgan fingerprint density at radius 2 is 1.96 bits per heavy atom. The molecular weight excluding hydrogens is 295 g/mol. The first-order valence-electron chi connectivity index (χ1n) is 7.61. The van der Waals surface area contributed by atoms with E-state index in [-0.39, 0.29) is 5.56 Å². The standard InChI is InChI=1S/C17H19FN4O/c1-4-12-13-15(23)20-14(11-8-6-5-7-9-11)21-22(13)16(19-12)17(2,3)10-18/h5-9H,4,10H2,1-3H3,(H,20,21,23). The van der Waals surface area contributed by atoms with Crippen molar-refractivity contribution in [3.05, 3.63) is 52.2 Å². The molecule has 120 valence electrons. The summed E-state index contributed by atoms with van der Waals surface area (Å²) in [6.45, 7) is 4.85. The number of benzene rings is 1. The van der Waals surface area contributed by atoms with Crippen molar-refractivity contribution in [2.45, 2.75) is 32.6 Å². The average molecular weight is 314 g/mol. The van der Waals surface area contributed by atoms with Crippen LogP contribution in [0.3, 0.4) is 0 Å². The third-order valence-electron chi connectivity index (χ3n) is 3.90. The Labute approximate surface area is 133 Å². The minimum absolute atomic E-state index is 0.260. The van der Waals surface area contributed by atoms with E-state index in [9.17, 15) is 9.18 Å². The van der Waals surface area contributed by atoms with Crippen LogP contribution in [0.25, 0.3) is 16.9 Å². The lowest BCUT2D eigenvalue weighted by atomic mass is 9.95. The van der Waals surface area contributed by atoms with Gasteiger partial charge in [0.15, 0.2) is 11.3 Å². The van der Waals surface area contributed by atoms with E-state index in [0.29, 0.717) is 29.3 Å². The second-order valence-corrected chi connectivity index (χ2v) is 6.18. The maximum Gasteiger partial charge on any atom is 0.277 e. The van der Waals surface area contributed by atoms with Crippen LogP contribution in [0.1, 0.15) is 32.3 Å². The highest BCUT2D eigenvalue weighted by atomic mass is 19.1. The van der Waals surface area contributed by atoms with Crippen LogP contribution < -0.4 is 5.56 Å². The summed E-state index contributed by atoms with van der Waals surface area (Å²) in [5, 5.41) is 4.52. The molecule has 0 unspecified atom stereocenters. The van der Waals surface area contributed by atoms with E-state index >= 15 is 0 Å². The largest absolute Gasteiger partial charge is 0.303 e. The number of H-pyrrole nitrogens is 1. The topological polar surface area (TPSA) is 63.1 Å². The van der Waals surface area contributed by atoms with Gasteiger partial charge in [-0.1, -0.05) is 51.1 Å². The molecule has 0 saturated carbocycles. The van der Waals surface area contributed by atoms with Crippen molar-refractivity contribution in [2.75, 3.05) is 6.67 Å². The molecule has 0 spiro atoms. The number of hydrogen-bond acceptors (Lipinski definition) is 3. The first-order chi connectivity index (χ1) is 11.0. The number of rotatable bonds is 4. The lowest BCUT2D eigenvalue weighted by Crippen LogP contribution is -2.25. The van der Waals surface area contributed by atoms with Crippen LogP contribution in [0.5, 0.6) is 0 Å². The highest BCUT2D eigenvalue weighted by molar-refractivity contribution is 5.58. The summed E-state index contributed by atoms with van der Waals surface area (Å²) in [5.41, 5.74) is 0.746. The molecule has 0 atom stereocenters. The number of alkyl halides is 1. The van der Waals surface area contributed by atoms with Crippen LogP contribution in [-0.2, 0) is 11.8 Å². The van der Waals surface area contributed by atoms with Crippen LogP contribution >= 0.6 is 0 Å². The number of nitrogens with zero attached hydrogens (tertiary/aromatic N) is 3. The van der Waals surface area contributed by atoms with Crippen molar-refractivity contribution in [1.29, 1.82) is 0 Å². The van der Waals surface area contributed by atoms with E-state index in [1.54, 1.807) is 13.8 Å². The van der Waals surface area contributed by atoms with E-state index in [2.05, 4.69) is 15.1 Å². The molecule has 2 aromatic heterocycles. The van der Waals surface area contributed by atoms with E-state index in [1.165, 1.54) is 4.52 Å². The third-order valence-corrected chi connectivity index (χ3v) is 3.90.